The molecule has 1 saturated heterocycles. The summed E-state index contributed by atoms with van der Waals surface area (Å²) in [5, 5.41) is 5.56. The van der Waals surface area contributed by atoms with E-state index in [0.717, 1.165) is 49.6 Å². The van der Waals surface area contributed by atoms with E-state index in [0.29, 0.717) is 6.61 Å². The molecule has 0 saturated carbocycles. The zero-order valence-electron chi connectivity index (χ0n) is 13.4. The maximum Gasteiger partial charge on any atom is 0.165 e. The molecule has 1 unspecified atom stereocenters. The fourth-order valence-electron chi connectivity index (χ4n) is 2.71. The number of nitrogens with one attached hydrogen (secondary N) is 1. The van der Waals surface area contributed by atoms with Crippen LogP contribution >= 0.6 is 11.3 Å². The third-order valence-electron chi connectivity index (χ3n) is 3.91. The summed E-state index contributed by atoms with van der Waals surface area (Å²) in [6.45, 7) is 3.03. The van der Waals surface area contributed by atoms with Gasteiger partial charge in [0.05, 0.1) is 13.2 Å². The monoisotopic (exact) mass is 333 g/mol. The second kappa shape index (κ2) is 8.34. The normalized spacial score (nSPS) is 17.3. The number of hydrogen-bond donors (Lipinski definition) is 1. The van der Waals surface area contributed by atoms with Crippen LogP contribution < -0.4 is 14.8 Å². The first kappa shape index (κ1) is 16.3. The first-order chi connectivity index (χ1) is 11.4. The second-order valence-corrected chi connectivity index (χ2v) is 6.61. The maximum atomic E-state index is 6.04. The molecule has 1 aliphatic rings. The SMILES string of the molecule is COc1cccc(CNCc2cccs2)c1OCC1CCCO1. The van der Waals surface area contributed by atoms with Crippen molar-refractivity contribution in [1.82, 2.24) is 5.32 Å². The lowest BCUT2D eigenvalue weighted by Crippen LogP contribution is -2.18. The van der Waals surface area contributed by atoms with Crippen molar-refractivity contribution < 1.29 is 14.2 Å². The highest BCUT2D eigenvalue weighted by atomic mass is 32.1. The maximum absolute atomic E-state index is 6.04. The van der Waals surface area contributed by atoms with Gasteiger partial charge in [0.2, 0.25) is 0 Å². The van der Waals surface area contributed by atoms with Gasteiger partial charge >= 0.3 is 0 Å². The minimum atomic E-state index is 0.201. The molecule has 2 aromatic rings. The Balaban J connectivity index is 1.62. The van der Waals surface area contributed by atoms with E-state index in [1.807, 2.05) is 12.1 Å². The Morgan fingerprint density at radius 1 is 1.26 bits per heavy atom. The number of methoxy groups -OCH3 is 1. The average molecular weight is 333 g/mol. The molecule has 0 spiro atoms. The Morgan fingerprint density at radius 2 is 2.22 bits per heavy atom. The van der Waals surface area contributed by atoms with Crippen molar-refractivity contribution in [2.45, 2.75) is 32.0 Å². The highest BCUT2D eigenvalue weighted by molar-refractivity contribution is 7.09. The molecule has 2 heterocycles. The van der Waals surface area contributed by atoms with Crippen molar-refractivity contribution in [2.24, 2.45) is 0 Å². The highest BCUT2D eigenvalue weighted by Gasteiger charge is 2.18. The van der Waals surface area contributed by atoms with Crippen molar-refractivity contribution in [1.29, 1.82) is 0 Å². The standard InChI is InChI=1S/C18H23NO3S/c1-20-17-8-2-5-14(11-19-12-16-7-4-10-23-16)18(17)22-13-15-6-3-9-21-15/h2,4-5,7-8,10,15,19H,3,6,9,11-13H2,1H3. The van der Waals surface area contributed by atoms with Crippen LogP contribution in [0.25, 0.3) is 0 Å². The van der Waals surface area contributed by atoms with Crippen LogP contribution in [-0.2, 0) is 17.8 Å². The van der Waals surface area contributed by atoms with Gasteiger partial charge in [-0.2, -0.15) is 0 Å². The van der Waals surface area contributed by atoms with E-state index >= 15 is 0 Å². The summed E-state index contributed by atoms with van der Waals surface area (Å²) in [5.74, 6) is 1.60. The zero-order chi connectivity index (χ0) is 15.9. The molecule has 3 rings (SSSR count). The van der Waals surface area contributed by atoms with Gasteiger partial charge in [-0.25, -0.2) is 0 Å². The first-order valence-electron chi connectivity index (χ1n) is 8.00. The van der Waals surface area contributed by atoms with E-state index in [1.165, 1.54) is 4.88 Å². The summed E-state index contributed by atoms with van der Waals surface area (Å²) in [7, 11) is 1.68. The lowest BCUT2D eigenvalue weighted by molar-refractivity contribution is 0.0666. The molecule has 1 aliphatic heterocycles. The number of benzene rings is 1. The van der Waals surface area contributed by atoms with E-state index in [4.69, 9.17) is 14.2 Å². The van der Waals surface area contributed by atoms with Gasteiger partial charge in [0.25, 0.3) is 0 Å². The summed E-state index contributed by atoms with van der Waals surface area (Å²) in [6, 6.07) is 10.2. The fourth-order valence-corrected chi connectivity index (χ4v) is 3.39. The van der Waals surface area contributed by atoms with Crippen LogP contribution in [0, 0.1) is 0 Å². The zero-order valence-corrected chi connectivity index (χ0v) is 14.2. The Hall–Kier alpha value is -1.56. The molecule has 124 valence electrons. The Kier molecular flexibility index (Phi) is 5.91. The molecule has 1 atom stereocenters. The number of ether oxygens (including phenoxy) is 3. The van der Waals surface area contributed by atoms with Crippen LogP contribution in [0.2, 0.25) is 0 Å². The quantitative estimate of drug-likeness (QED) is 0.801. The van der Waals surface area contributed by atoms with Crippen LogP contribution in [0.15, 0.2) is 35.7 Å². The summed E-state index contributed by atoms with van der Waals surface area (Å²) in [5.41, 5.74) is 1.11. The van der Waals surface area contributed by atoms with Gasteiger partial charge in [0.15, 0.2) is 11.5 Å². The van der Waals surface area contributed by atoms with Gasteiger partial charge in [-0.3, -0.25) is 0 Å². The summed E-state index contributed by atoms with van der Waals surface area (Å²) < 4.78 is 17.1. The van der Waals surface area contributed by atoms with Crippen molar-refractivity contribution in [2.75, 3.05) is 20.3 Å². The average Bonchev–Trinajstić information content (AvgIpc) is 3.27. The summed E-state index contributed by atoms with van der Waals surface area (Å²) in [4.78, 5) is 1.33. The fraction of sp³-hybridized carbons (Fsp3) is 0.444. The lowest BCUT2D eigenvalue weighted by Gasteiger charge is -2.17. The minimum absolute atomic E-state index is 0.201. The van der Waals surface area contributed by atoms with Crippen molar-refractivity contribution in [3.63, 3.8) is 0 Å². The van der Waals surface area contributed by atoms with Gasteiger partial charge in [0.1, 0.15) is 6.61 Å². The second-order valence-electron chi connectivity index (χ2n) is 5.58. The predicted octanol–water partition coefficient (Wildman–Crippen LogP) is 3.60. The number of thiophene rings is 1. The summed E-state index contributed by atoms with van der Waals surface area (Å²) >= 11 is 1.76. The van der Waals surface area contributed by atoms with Crippen LogP contribution in [0.5, 0.6) is 11.5 Å². The molecular weight excluding hydrogens is 310 g/mol. The first-order valence-corrected chi connectivity index (χ1v) is 8.88. The number of para-hydroxylation sites is 1. The molecule has 4 nitrogen and oxygen atoms in total. The smallest absolute Gasteiger partial charge is 0.165 e. The van der Waals surface area contributed by atoms with Crippen molar-refractivity contribution in [3.8, 4) is 11.5 Å². The van der Waals surface area contributed by atoms with Gasteiger partial charge in [-0.05, 0) is 30.4 Å². The van der Waals surface area contributed by atoms with E-state index in [1.54, 1.807) is 18.4 Å². The summed E-state index contributed by atoms with van der Waals surface area (Å²) in [6.07, 6.45) is 2.39. The molecule has 1 fully saturated rings. The molecular formula is C18H23NO3S. The van der Waals surface area contributed by atoms with Gasteiger partial charge in [-0.15, -0.1) is 11.3 Å². The minimum Gasteiger partial charge on any atom is -0.493 e. The molecule has 1 N–H and O–H groups in total. The topological polar surface area (TPSA) is 39.7 Å². The lowest BCUT2D eigenvalue weighted by atomic mass is 10.1. The third-order valence-corrected chi connectivity index (χ3v) is 4.79. The molecule has 0 bridgehead atoms. The molecule has 23 heavy (non-hydrogen) atoms. The molecule has 0 radical (unpaired) electrons. The molecule has 1 aromatic heterocycles. The van der Waals surface area contributed by atoms with E-state index in [2.05, 4.69) is 28.9 Å². The molecule has 1 aromatic carbocycles. The number of rotatable bonds is 8. The molecule has 0 aliphatic carbocycles. The van der Waals surface area contributed by atoms with Crippen LogP contribution in [0.1, 0.15) is 23.3 Å². The van der Waals surface area contributed by atoms with E-state index < -0.39 is 0 Å². The molecule has 5 heteroatoms. The highest BCUT2D eigenvalue weighted by Crippen LogP contribution is 2.32. The third kappa shape index (κ3) is 4.47. The van der Waals surface area contributed by atoms with Crippen LogP contribution in [0.4, 0.5) is 0 Å². The van der Waals surface area contributed by atoms with Crippen molar-refractivity contribution in [3.05, 3.63) is 46.2 Å². The Bertz CT molecular complexity index is 594. The number of hydrogen-bond acceptors (Lipinski definition) is 5. The molecule has 0 amide bonds. The van der Waals surface area contributed by atoms with Gasteiger partial charge in [-0.1, -0.05) is 18.2 Å². The van der Waals surface area contributed by atoms with Crippen LogP contribution in [0.3, 0.4) is 0 Å². The van der Waals surface area contributed by atoms with Gasteiger partial charge in [0, 0.05) is 30.1 Å². The Labute approximate surface area is 141 Å². The van der Waals surface area contributed by atoms with Crippen molar-refractivity contribution >= 4 is 11.3 Å². The van der Waals surface area contributed by atoms with Crippen LogP contribution in [-0.4, -0.2) is 26.4 Å². The largest absolute Gasteiger partial charge is 0.493 e. The Morgan fingerprint density at radius 3 is 2.96 bits per heavy atom. The van der Waals surface area contributed by atoms with E-state index in [-0.39, 0.29) is 6.10 Å². The predicted molar refractivity (Wildman–Crippen MR) is 92.3 cm³/mol. The van der Waals surface area contributed by atoms with Gasteiger partial charge < -0.3 is 19.5 Å². The van der Waals surface area contributed by atoms with E-state index in [9.17, 15) is 0 Å².